The molecule has 70 valence electrons. The SMILES string of the molecule is COC(=O)C(C)N(C)C(=O)CS. The minimum Gasteiger partial charge on any atom is -0.467 e. The largest absolute Gasteiger partial charge is 0.467 e. The van der Waals surface area contributed by atoms with E-state index in [2.05, 4.69) is 17.4 Å². The first-order valence-electron chi connectivity index (χ1n) is 3.49. The predicted octanol–water partition coefficient (Wildman–Crippen LogP) is -0.0639. The molecule has 0 saturated heterocycles. The summed E-state index contributed by atoms with van der Waals surface area (Å²) < 4.78 is 4.47. The fourth-order valence-electron chi connectivity index (χ4n) is 0.656. The Morgan fingerprint density at radius 3 is 2.42 bits per heavy atom. The van der Waals surface area contributed by atoms with Gasteiger partial charge in [0.1, 0.15) is 6.04 Å². The number of hydrogen-bond donors (Lipinski definition) is 1. The van der Waals surface area contributed by atoms with Crippen LogP contribution in [-0.2, 0) is 14.3 Å². The first kappa shape index (κ1) is 11.3. The molecule has 0 aliphatic rings. The summed E-state index contributed by atoms with van der Waals surface area (Å²) in [6.45, 7) is 1.60. The molecule has 0 fully saturated rings. The molecule has 0 aliphatic carbocycles. The number of thiol groups is 1. The van der Waals surface area contributed by atoms with Crippen molar-refractivity contribution in [3.05, 3.63) is 0 Å². The van der Waals surface area contributed by atoms with E-state index in [1.54, 1.807) is 14.0 Å². The zero-order valence-corrected chi connectivity index (χ0v) is 8.30. The summed E-state index contributed by atoms with van der Waals surface area (Å²) in [6, 6.07) is -0.547. The Morgan fingerprint density at radius 1 is 1.58 bits per heavy atom. The van der Waals surface area contributed by atoms with Crippen molar-refractivity contribution in [1.29, 1.82) is 0 Å². The first-order chi connectivity index (χ1) is 5.54. The molecule has 1 amide bonds. The lowest BCUT2D eigenvalue weighted by Crippen LogP contribution is -2.41. The van der Waals surface area contributed by atoms with Gasteiger partial charge in [-0.1, -0.05) is 0 Å². The summed E-state index contributed by atoms with van der Waals surface area (Å²) in [6.07, 6.45) is 0. The molecule has 12 heavy (non-hydrogen) atoms. The van der Waals surface area contributed by atoms with Crippen LogP contribution in [-0.4, -0.2) is 42.7 Å². The molecule has 0 heterocycles. The second kappa shape index (κ2) is 5.03. The summed E-state index contributed by atoms with van der Waals surface area (Å²) >= 11 is 3.80. The Kier molecular flexibility index (Phi) is 4.73. The molecule has 1 unspecified atom stereocenters. The lowest BCUT2D eigenvalue weighted by Gasteiger charge is -2.21. The molecule has 0 aromatic heterocycles. The normalized spacial score (nSPS) is 12.0. The van der Waals surface area contributed by atoms with E-state index >= 15 is 0 Å². The van der Waals surface area contributed by atoms with Gasteiger partial charge >= 0.3 is 5.97 Å². The molecule has 0 N–H and O–H groups in total. The quantitative estimate of drug-likeness (QED) is 0.502. The third-order valence-corrected chi connectivity index (χ3v) is 1.92. The standard InChI is InChI=1S/C7H13NO3S/c1-5(7(10)11-3)8(2)6(9)4-12/h5,12H,4H2,1-3H3. The number of ether oxygens (including phenoxy) is 1. The van der Waals surface area contributed by atoms with Crippen molar-refractivity contribution in [2.24, 2.45) is 0 Å². The van der Waals surface area contributed by atoms with Crippen LogP contribution >= 0.6 is 12.6 Å². The molecule has 0 spiro atoms. The van der Waals surface area contributed by atoms with Gasteiger partial charge in [0.25, 0.3) is 0 Å². The van der Waals surface area contributed by atoms with E-state index in [-0.39, 0.29) is 11.7 Å². The summed E-state index contributed by atoms with van der Waals surface area (Å²) in [4.78, 5) is 23.3. The second-order valence-corrected chi connectivity index (χ2v) is 2.68. The molecule has 1 atom stereocenters. The number of nitrogens with zero attached hydrogens (tertiary/aromatic N) is 1. The molecule has 0 radical (unpaired) electrons. The molecule has 4 nitrogen and oxygen atoms in total. The van der Waals surface area contributed by atoms with Gasteiger partial charge in [0, 0.05) is 7.05 Å². The highest BCUT2D eigenvalue weighted by molar-refractivity contribution is 7.81. The average Bonchev–Trinajstić information content (AvgIpc) is 2.12. The summed E-state index contributed by atoms with van der Waals surface area (Å²) in [5, 5.41) is 0. The maximum atomic E-state index is 11.0. The maximum Gasteiger partial charge on any atom is 0.328 e. The van der Waals surface area contributed by atoms with Gasteiger partial charge in [0.05, 0.1) is 12.9 Å². The molecular weight excluding hydrogens is 178 g/mol. The van der Waals surface area contributed by atoms with Gasteiger partial charge in [0.2, 0.25) is 5.91 Å². The highest BCUT2D eigenvalue weighted by Crippen LogP contribution is 1.99. The molecular formula is C7H13NO3S. The van der Waals surface area contributed by atoms with Gasteiger partial charge in [-0.25, -0.2) is 4.79 Å². The van der Waals surface area contributed by atoms with Crippen LogP contribution in [0.3, 0.4) is 0 Å². The Morgan fingerprint density at radius 2 is 2.08 bits per heavy atom. The van der Waals surface area contributed by atoms with Gasteiger partial charge in [-0.3, -0.25) is 4.79 Å². The van der Waals surface area contributed by atoms with Crippen LogP contribution in [0.4, 0.5) is 0 Å². The van der Waals surface area contributed by atoms with Gasteiger partial charge in [-0.2, -0.15) is 12.6 Å². The lowest BCUT2D eigenvalue weighted by molar-refractivity contribution is -0.150. The summed E-state index contributed by atoms with van der Waals surface area (Å²) in [5.41, 5.74) is 0. The van der Waals surface area contributed by atoms with Crippen molar-refractivity contribution < 1.29 is 14.3 Å². The number of esters is 1. The monoisotopic (exact) mass is 191 g/mol. The third-order valence-electron chi connectivity index (χ3n) is 1.65. The molecule has 0 aromatic carbocycles. The van der Waals surface area contributed by atoms with Crippen LogP contribution in [0.15, 0.2) is 0 Å². The predicted molar refractivity (Wildman–Crippen MR) is 48.1 cm³/mol. The topological polar surface area (TPSA) is 46.6 Å². The third kappa shape index (κ3) is 2.73. The van der Waals surface area contributed by atoms with Crippen molar-refractivity contribution in [1.82, 2.24) is 4.90 Å². The Balaban J connectivity index is 4.18. The number of carbonyl (C=O) groups excluding carboxylic acids is 2. The number of amides is 1. The highest BCUT2D eigenvalue weighted by Gasteiger charge is 2.21. The molecule has 0 aliphatic heterocycles. The number of hydrogen-bond acceptors (Lipinski definition) is 4. The number of methoxy groups -OCH3 is 1. The Labute approximate surface area is 77.3 Å². The van der Waals surface area contributed by atoms with E-state index in [0.29, 0.717) is 0 Å². The van der Waals surface area contributed by atoms with Gasteiger partial charge in [-0.05, 0) is 6.92 Å². The second-order valence-electron chi connectivity index (χ2n) is 2.36. The average molecular weight is 191 g/mol. The number of rotatable bonds is 3. The van der Waals surface area contributed by atoms with E-state index in [4.69, 9.17) is 0 Å². The Bertz CT molecular complexity index is 163. The van der Waals surface area contributed by atoms with Crippen LogP contribution in [0.2, 0.25) is 0 Å². The minimum absolute atomic E-state index is 0.0951. The van der Waals surface area contributed by atoms with Gasteiger partial charge < -0.3 is 9.64 Å². The van der Waals surface area contributed by atoms with Crippen molar-refractivity contribution in [2.75, 3.05) is 19.9 Å². The highest BCUT2D eigenvalue weighted by atomic mass is 32.1. The number of likely N-dealkylation sites (N-methyl/N-ethyl adjacent to an activating group) is 1. The van der Waals surface area contributed by atoms with E-state index in [9.17, 15) is 9.59 Å². The van der Waals surface area contributed by atoms with Crippen LogP contribution in [0.1, 0.15) is 6.92 Å². The smallest absolute Gasteiger partial charge is 0.328 e. The van der Waals surface area contributed by atoms with Crippen LogP contribution < -0.4 is 0 Å². The number of carbonyl (C=O) groups is 2. The van der Waals surface area contributed by atoms with Crippen LogP contribution in [0.5, 0.6) is 0 Å². The van der Waals surface area contributed by atoms with E-state index in [1.165, 1.54) is 12.0 Å². The van der Waals surface area contributed by atoms with Crippen molar-refractivity contribution >= 4 is 24.5 Å². The fraction of sp³-hybridized carbons (Fsp3) is 0.714. The zero-order valence-electron chi connectivity index (χ0n) is 7.40. The Hall–Kier alpha value is -0.710. The fourth-order valence-corrected chi connectivity index (χ4v) is 0.879. The summed E-state index contributed by atoms with van der Waals surface area (Å²) in [5.74, 6) is -0.526. The maximum absolute atomic E-state index is 11.0. The van der Waals surface area contributed by atoms with Crippen molar-refractivity contribution in [3.63, 3.8) is 0 Å². The van der Waals surface area contributed by atoms with E-state index in [0.717, 1.165) is 0 Å². The first-order valence-corrected chi connectivity index (χ1v) is 4.12. The van der Waals surface area contributed by atoms with E-state index in [1.807, 2.05) is 0 Å². The summed E-state index contributed by atoms with van der Waals surface area (Å²) in [7, 11) is 2.83. The van der Waals surface area contributed by atoms with Crippen molar-refractivity contribution in [2.45, 2.75) is 13.0 Å². The molecule has 0 aromatic rings. The van der Waals surface area contributed by atoms with Crippen LogP contribution in [0, 0.1) is 0 Å². The van der Waals surface area contributed by atoms with Crippen molar-refractivity contribution in [3.8, 4) is 0 Å². The molecule has 0 saturated carbocycles. The molecule has 0 rings (SSSR count). The lowest BCUT2D eigenvalue weighted by atomic mass is 10.3. The zero-order chi connectivity index (χ0) is 9.72. The van der Waals surface area contributed by atoms with E-state index < -0.39 is 12.0 Å². The van der Waals surface area contributed by atoms with Gasteiger partial charge in [0.15, 0.2) is 0 Å². The van der Waals surface area contributed by atoms with Crippen LogP contribution in [0.25, 0.3) is 0 Å². The molecule has 0 bridgehead atoms. The molecule has 5 heteroatoms. The van der Waals surface area contributed by atoms with Gasteiger partial charge in [-0.15, -0.1) is 0 Å². The minimum atomic E-state index is -0.547.